The maximum Gasteiger partial charge on any atom is 0.0472 e. The molecule has 0 spiro atoms. The van der Waals surface area contributed by atoms with Crippen LogP contribution in [0.15, 0.2) is 29.0 Å². The number of aryl methyl sites for hydroxylation is 1. The predicted molar refractivity (Wildman–Crippen MR) is 69.7 cm³/mol. The van der Waals surface area contributed by atoms with Crippen LogP contribution in [0.1, 0.15) is 11.1 Å². The van der Waals surface area contributed by atoms with Gasteiger partial charge in [-0.1, -0.05) is 11.6 Å². The van der Waals surface area contributed by atoms with Crippen molar-refractivity contribution in [3.05, 3.63) is 40.1 Å². The minimum atomic E-state index is 0.136. The van der Waals surface area contributed by atoms with E-state index in [2.05, 4.69) is 24.4 Å². The largest absolute Gasteiger partial charge is 0.398 e. The normalized spacial score (nSPS) is 10.6. The first-order valence-electron chi connectivity index (χ1n) is 5.25. The quantitative estimate of drug-likeness (QED) is 0.801. The van der Waals surface area contributed by atoms with Crippen molar-refractivity contribution in [1.29, 1.82) is 0 Å². The minimum Gasteiger partial charge on any atom is -0.398 e. The Hall–Kier alpha value is -1.32. The second-order valence-electron chi connectivity index (χ2n) is 3.87. The van der Waals surface area contributed by atoms with Crippen molar-refractivity contribution in [2.75, 3.05) is 12.3 Å². The van der Waals surface area contributed by atoms with Crippen LogP contribution in [0.25, 0.3) is 11.1 Å². The van der Waals surface area contributed by atoms with E-state index in [9.17, 15) is 0 Å². The van der Waals surface area contributed by atoms with Crippen molar-refractivity contribution in [3.63, 3.8) is 0 Å². The third-order valence-corrected chi connectivity index (χ3v) is 3.31. The molecule has 0 radical (unpaired) electrons. The van der Waals surface area contributed by atoms with Gasteiger partial charge >= 0.3 is 0 Å². The monoisotopic (exact) mass is 233 g/mol. The summed E-state index contributed by atoms with van der Waals surface area (Å²) in [6.45, 7) is 2.19. The van der Waals surface area contributed by atoms with E-state index in [0.717, 1.165) is 22.4 Å². The summed E-state index contributed by atoms with van der Waals surface area (Å²) >= 11 is 1.66. The Morgan fingerprint density at radius 3 is 2.81 bits per heavy atom. The molecule has 2 aromatic rings. The number of nitrogen functional groups attached to an aromatic ring is 1. The Morgan fingerprint density at radius 2 is 2.19 bits per heavy atom. The van der Waals surface area contributed by atoms with Crippen molar-refractivity contribution < 1.29 is 5.11 Å². The summed E-state index contributed by atoms with van der Waals surface area (Å²) in [5.41, 5.74) is 11.4. The van der Waals surface area contributed by atoms with E-state index in [1.54, 1.807) is 11.3 Å². The zero-order valence-corrected chi connectivity index (χ0v) is 10.1. The van der Waals surface area contributed by atoms with Crippen LogP contribution < -0.4 is 5.73 Å². The lowest BCUT2D eigenvalue weighted by molar-refractivity contribution is 0.300. The van der Waals surface area contributed by atoms with E-state index < -0.39 is 0 Å². The van der Waals surface area contributed by atoms with Gasteiger partial charge in [0.05, 0.1) is 0 Å². The first-order valence-corrected chi connectivity index (χ1v) is 6.19. The molecule has 2 rings (SSSR count). The number of hydrogen-bond donors (Lipinski definition) is 2. The van der Waals surface area contributed by atoms with Crippen molar-refractivity contribution in [1.82, 2.24) is 0 Å². The molecule has 0 aliphatic heterocycles. The average Bonchev–Trinajstić information content (AvgIpc) is 2.76. The Kier molecular flexibility index (Phi) is 3.27. The standard InChI is InChI=1S/C13H15NOS/c1-9-6-10(2-4-15)13(14)12(7-9)11-3-5-16-8-11/h3,5-8,15H,2,4,14H2,1H3. The highest BCUT2D eigenvalue weighted by molar-refractivity contribution is 7.08. The van der Waals surface area contributed by atoms with Crippen LogP contribution in [0.4, 0.5) is 5.69 Å². The number of nitrogens with two attached hydrogens (primary N) is 1. The molecule has 0 fully saturated rings. The highest BCUT2D eigenvalue weighted by Crippen LogP contribution is 2.31. The summed E-state index contributed by atoms with van der Waals surface area (Å²) in [6, 6.07) is 6.21. The molecule has 3 N–H and O–H groups in total. The molecule has 16 heavy (non-hydrogen) atoms. The first-order chi connectivity index (χ1) is 7.72. The molecule has 1 heterocycles. The van der Waals surface area contributed by atoms with Crippen LogP contribution in [0, 0.1) is 6.92 Å². The first kappa shape index (κ1) is 11.2. The Labute approximate surface area is 99.4 Å². The maximum absolute atomic E-state index is 9.00. The van der Waals surface area contributed by atoms with Crippen molar-refractivity contribution >= 4 is 17.0 Å². The maximum atomic E-state index is 9.00. The van der Waals surface area contributed by atoms with Gasteiger partial charge in [0.2, 0.25) is 0 Å². The van der Waals surface area contributed by atoms with Gasteiger partial charge in [0.15, 0.2) is 0 Å². The van der Waals surface area contributed by atoms with E-state index in [4.69, 9.17) is 10.8 Å². The molecule has 0 atom stereocenters. The average molecular weight is 233 g/mol. The third kappa shape index (κ3) is 2.10. The van der Waals surface area contributed by atoms with Gasteiger partial charge in [0.25, 0.3) is 0 Å². The smallest absolute Gasteiger partial charge is 0.0472 e. The fourth-order valence-corrected chi connectivity index (χ4v) is 2.51. The Morgan fingerprint density at radius 1 is 1.38 bits per heavy atom. The molecule has 1 aromatic heterocycles. The molecule has 0 aliphatic carbocycles. The van der Waals surface area contributed by atoms with Crippen LogP contribution >= 0.6 is 11.3 Å². The number of aliphatic hydroxyl groups is 1. The van der Waals surface area contributed by atoms with E-state index in [-0.39, 0.29) is 6.61 Å². The molecule has 3 heteroatoms. The zero-order valence-electron chi connectivity index (χ0n) is 9.23. The van der Waals surface area contributed by atoms with Gasteiger partial charge in [-0.05, 0) is 47.4 Å². The van der Waals surface area contributed by atoms with Crippen LogP contribution in [0.5, 0.6) is 0 Å². The van der Waals surface area contributed by atoms with Gasteiger partial charge < -0.3 is 10.8 Å². The van der Waals surface area contributed by atoms with Crippen LogP contribution in [-0.2, 0) is 6.42 Å². The summed E-state index contributed by atoms with van der Waals surface area (Å²) in [5, 5.41) is 13.1. The fourth-order valence-electron chi connectivity index (χ4n) is 1.86. The number of hydrogen-bond acceptors (Lipinski definition) is 3. The molecule has 2 nitrogen and oxygen atoms in total. The van der Waals surface area contributed by atoms with Gasteiger partial charge in [0, 0.05) is 17.9 Å². The summed E-state index contributed by atoms with van der Waals surface area (Å²) in [5.74, 6) is 0. The number of benzene rings is 1. The highest BCUT2D eigenvalue weighted by atomic mass is 32.1. The van der Waals surface area contributed by atoms with Gasteiger partial charge in [0.1, 0.15) is 0 Å². The molecule has 0 unspecified atom stereocenters. The zero-order chi connectivity index (χ0) is 11.5. The Bertz CT molecular complexity index is 477. The number of anilines is 1. The lowest BCUT2D eigenvalue weighted by Gasteiger charge is -2.11. The fraction of sp³-hybridized carbons (Fsp3) is 0.231. The van der Waals surface area contributed by atoms with Crippen LogP contribution in [-0.4, -0.2) is 11.7 Å². The van der Waals surface area contributed by atoms with E-state index in [0.29, 0.717) is 6.42 Å². The van der Waals surface area contributed by atoms with Crippen molar-refractivity contribution in [2.45, 2.75) is 13.3 Å². The van der Waals surface area contributed by atoms with Gasteiger partial charge in [-0.25, -0.2) is 0 Å². The minimum absolute atomic E-state index is 0.136. The molecule has 0 bridgehead atoms. The van der Waals surface area contributed by atoms with E-state index >= 15 is 0 Å². The topological polar surface area (TPSA) is 46.2 Å². The lowest BCUT2D eigenvalue weighted by atomic mass is 9.98. The number of aliphatic hydroxyl groups excluding tert-OH is 1. The van der Waals surface area contributed by atoms with Crippen molar-refractivity contribution in [2.24, 2.45) is 0 Å². The molecule has 0 saturated heterocycles. The summed E-state index contributed by atoms with van der Waals surface area (Å²) in [6.07, 6.45) is 0.616. The summed E-state index contributed by atoms with van der Waals surface area (Å²) in [7, 11) is 0. The predicted octanol–water partition coefficient (Wildman–Crippen LogP) is 2.84. The molecule has 1 aromatic carbocycles. The van der Waals surface area contributed by atoms with E-state index in [1.165, 1.54) is 5.56 Å². The van der Waals surface area contributed by atoms with Gasteiger partial charge in [-0.3, -0.25) is 0 Å². The molecular weight excluding hydrogens is 218 g/mol. The number of rotatable bonds is 3. The molecule has 0 saturated carbocycles. The summed E-state index contributed by atoms with van der Waals surface area (Å²) in [4.78, 5) is 0. The lowest BCUT2D eigenvalue weighted by Crippen LogP contribution is -2.00. The van der Waals surface area contributed by atoms with Gasteiger partial charge in [-0.2, -0.15) is 11.3 Å². The Balaban J connectivity index is 2.53. The molecule has 0 amide bonds. The third-order valence-electron chi connectivity index (χ3n) is 2.62. The van der Waals surface area contributed by atoms with Crippen LogP contribution in [0.3, 0.4) is 0 Å². The highest BCUT2D eigenvalue weighted by Gasteiger charge is 2.08. The second-order valence-corrected chi connectivity index (χ2v) is 4.65. The molecular formula is C13H15NOS. The second kappa shape index (κ2) is 4.68. The van der Waals surface area contributed by atoms with Crippen molar-refractivity contribution in [3.8, 4) is 11.1 Å². The summed E-state index contributed by atoms with van der Waals surface area (Å²) < 4.78 is 0. The van der Waals surface area contributed by atoms with E-state index in [1.807, 2.05) is 11.4 Å². The van der Waals surface area contributed by atoms with Gasteiger partial charge in [-0.15, -0.1) is 0 Å². The molecule has 84 valence electrons. The number of thiophene rings is 1. The molecule has 0 aliphatic rings. The van der Waals surface area contributed by atoms with Crippen LogP contribution in [0.2, 0.25) is 0 Å². The SMILES string of the molecule is Cc1cc(CCO)c(N)c(-c2ccsc2)c1.